The third-order valence-electron chi connectivity index (χ3n) is 2.52. The number of nitrogens with one attached hydrogen (secondary N) is 2. The Kier molecular flexibility index (Phi) is 4.00. The lowest BCUT2D eigenvalue weighted by Crippen LogP contribution is -2.36. The van der Waals surface area contributed by atoms with Crippen molar-refractivity contribution in [1.29, 1.82) is 0 Å². The zero-order valence-electron chi connectivity index (χ0n) is 8.59. The Morgan fingerprint density at radius 2 is 2.00 bits per heavy atom. The number of rotatable bonds is 2. The molecule has 0 radical (unpaired) electrons. The van der Waals surface area contributed by atoms with Gasteiger partial charge in [-0.25, -0.2) is 0 Å². The van der Waals surface area contributed by atoms with Crippen LogP contribution in [0.25, 0.3) is 0 Å². The van der Waals surface area contributed by atoms with E-state index < -0.39 is 0 Å². The first-order chi connectivity index (χ1) is 7.65. The zero-order chi connectivity index (χ0) is 11.5. The summed E-state index contributed by atoms with van der Waals surface area (Å²) >= 11 is 6.74. The van der Waals surface area contributed by atoms with E-state index in [1.54, 1.807) is 0 Å². The maximum atomic E-state index is 11.9. The van der Waals surface area contributed by atoms with E-state index in [9.17, 15) is 4.79 Å². The van der Waals surface area contributed by atoms with Crippen LogP contribution in [-0.2, 0) is 0 Å². The smallest absolute Gasteiger partial charge is 0.251 e. The van der Waals surface area contributed by atoms with Crippen LogP contribution in [0.15, 0.2) is 27.1 Å². The van der Waals surface area contributed by atoms with Gasteiger partial charge in [-0.05, 0) is 31.2 Å². The van der Waals surface area contributed by atoms with Crippen molar-refractivity contribution in [1.82, 2.24) is 10.6 Å². The van der Waals surface area contributed by atoms with Crippen molar-refractivity contribution >= 4 is 37.8 Å². The number of hydrogen-bond acceptors (Lipinski definition) is 2. The molecular formula is C11H12Br2N2O. The molecule has 0 spiro atoms. The van der Waals surface area contributed by atoms with Crippen molar-refractivity contribution in [3.63, 3.8) is 0 Å². The molecule has 86 valence electrons. The Balaban J connectivity index is 2.07. The van der Waals surface area contributed by atoms with Crippen molar-refractivity contribution in [2.45, 2.75) is 12.5 Å². The maximum Gasteiger partial charge on any atom is 0.251 e. The van der Waals surface area contributed by atoms with Crippen LogP contribution in [0.2, 0.25) is 0 Å². The third-order valence-corrected chi connectivity index (χ3v) is 3.44. The van der Waals surface area contributed by atoms with Gasteiger partial charge in [0.15, 0.2) is 0 Å². The van der Waals surface area contributed by atoms with Gasteiger partial charge in [0, 0.05) is 27.1 Å². The molecule has 0 aliphatic carbocycles. The van der Waals surface area contributed by atoms with Gasteiger partial charge in [0.05, 0.1) is 0 Å². The highest BCUT2D eigenvalue weighted by molar-refractivity contribution is 9.11. The van der Waals surface area contributed by atoms with E-state index in [0.29, 0.717) is 5.56 Å². The van der Waals surface area contributed by atoms with Crippen molar-refractivity contribution in [3.8, 4) is 0 Å². The van der Waals surface area contributed by atoms with Gasteiger partial charge in [0.1, 0.15) is 0 Å². The standard InChI is InChI=1S/C11H12Br2N2O/c12-8-3-7(4-9(13)5-8)11(16)15-10-1-2-14-6-10/h3-5,10,14H,1-2,6H2,(H,15,16). The summed E-state index contributed by atoms with van der Waals surface area (Å²) in [5.41, 5.74) is 0.674. The Morgan fingerprint density at radius 3 is 2.56 bits per heavy atom. The monoisotopic (exact) mass is 346 g/mol. The summed E-state index contributed by atoms with van der Waals surface area (Å²) in [6.07, 6.45) is 1.00. The first-order valence-corrected chi connectivity index (χ1v) is 6.71. The molecule has 1 aliphatic heterocycles. The lowest BCUT2D eigenvalue weighted by atomic mass is 10.2. The number of benzene rings is 1. The molecule has 1 aliphatic rings. The van der Waals surface area contributed by atoms with Crippen LogP contribution in [0.5, 0.6) is 0 Å². The summed E-state index contributed by atoms with van der Waals surface area (Å²) in [5, 5.41) is 6.23. The number of halogens is 2. The van der Waals surface area contributed by atoms with Crippen LogP contribution in [0, 0.1) is 0 Å². The average Bonchev–Trinajstić information content (AvgIpc) is 2.68. The molecule has 1 saturated heterocycles. The number of carbonyl (C=O) groups excluding carboxylic acids is 1. The molecule has 3 nitrogen and oxygen atoms in total. The number of hydrogen-bond donors (Lipinski definition) is 2. The fraction of sp³-hybridized carbons (Fsp3) is 0.364. The third kappa shape index (κ3) is 3.06. The predicted octanol–water partition coefficient (Wildman–Crippen LogP) is 2.30. The fourth-order valence-corrected chi connectivity index (χ4v) is 3.03. The molecule has 1 aromatic rings. The molecular weight excluding hydrogens is 336 g/mol. The average molecular weight is 348 g/mol. The van der Waals surface area contributed by atoms with Gasteiger partial charge >= 0.3 is 0 Å². The van der Waals surface area contributed by atoms with Crippen LogP contribution in [0.3, 0.4) is 0 Å². The Labute approximate surface area is 111 Å². The van der Waals surface area contributed by atoms with Gasteiger partial charge in [-0.2, -0.15) is 0 Å². The van der Waals surface area contributed by atoms with Crippen LogP contribution >= 0.6 is 31.9 Å². The van der Waals surface area contributed by atoms with Crippen LogP contribution in [0.4, 0.5) is 0 Å². The molecule has 0 saturated carbocycles. The molecule has 1 unspecified atom stereocenters. The fourth-order valence-electron chi connectivity index (χ4n) is 1.73. The van der Waals surface area contributed by atoms with Crippen LogP contribution in [0.1, 0.15) is 16.8 Å². The Hall–Kier alpha value is -0.390. The first kappa shape index (κ1) is 12.1. The van der Waals surface area contributed by atoms with Gasteiger partial charge < -0.3 is 10.6 Å². The van der Waals surface area contributed by atoms with E-state index in [0.717, 1.165) is 28.5 Å². The summed E-state index contributed by atoms with van der Waals surface area (Å²) < 4.78 is 1.80. The lowest BCUT2D eigenvalue weighted by molar-refractivity contribution is 0.0940. The molecule has 1 amide bonds. The van der Waals surface area contributed by atoms with Gasteiger partial charge in [-0.1, -0.05) is 31.9 Å². The van der Waals surface area contributed by atoms with E-state index in [-0.39, 0.29) is 11.9 Å². The highest BCUT2D eigenvalue weighted by atomic mass is 79.9. The summed E-state index contributed by atoms with van der Waals surface area (Å²) in [7, 11) is 0. The van der Waals surface area contributed by atoms with E-state index >= 15 is 0 Å². The molecule has 2 N–H and O–H groups in total. The molecule has 0 aromatic heterocycles. The Morgan fingerprint density at radius 1 is 1.31 bits per heavy atom. The van der Waals surface area contributed by atoms with E-state index in [2.05, 4.69) is 42.5 Å². The van der Waals surface area contributed by atoms with Crippen molar-refractivity contribution in [3.05, 3.63) is 32.7 Å². The molecule has 2 rings (SSSR count). The summed E-state index contributed by atoms with van der Waals surface area (Å²) in [5.74, 6) is -0.0179. The van der Waals surface area contributed by atoms with Gasteiger partial charge in [-0.3, -0.25) is 4.79 Å². The van der Waals surface area contributed by atoms with Crippen molar-refractivity contribution in [2.24, 2.45) is 0 Å². The predicted molar refractivity (Wildman–Crippen MR) is 70.6 cm³/mol. The van der Waals surface area contributed by atoms with Gasteiger partial charge in [0.25, 0.3) is 5.91 Å². The second kappa shape index (κ2) is 5.29. The second-order valence-corrected chi connectivity index (χ2v) is 5.65. The first-order valence-electron chi connectivity index (χ1n) is 5.13. The van der Waals surface area contributed by atoms with E-state index in [4.69, 9.17) is 0 Å². The van der Waals surface area contributed by atoms with Crippen molar-refractivity contribution < 1.29 is 4.79 Å². The topological polar surface area (TPSA) is 41.1 Å². The molecule has 1 heterocycles. The minimum Gasteiger partial charge on any atom is -0.348 e. The largest absolute Gasteiger partial charge is 0.348 e. The molecule has 16 heavy (non-hydrogen) atoms. The molecule has 1 fully saturated rings. The Bertz CT molecular complexity index is 383. The molecule has 5 heteroatoms. The summed E-state index contributed by atoms with van der Waals surface area (Å²) in [6, 6.07) is 5.81. The SMILES string of the molecule is O=C(NC1CCNC1)c1cc(Br)cc(Br)c1. The highest BCUT2D eigenvalue weighted by Gasteiger charge is 2.17. The number of amides is 1. The molecule has 1 atom stereocenters. The molecule has 1 aromatic carbocycles. The lowest BCUT2D eigenvalue weighted by Gasteiger charge is -2.11. The second-order valence-electron chi connectivity index (χ2n) is 3.82. The maximum absolute atomic E-state index is 11.9. The summed E-state index contributed by atoms with van der Waals surface area (Å²) in [4.78, 5) is 11.9. The number of carbonyl (C=O) groups is 1. The summed E-state index contributed by atoms with van der Waals surface area (Å²) in [6.45, 7) is 1.84. The normalized spacial score (nSPS) is 19.8. The molecule has 0 bridgehead atoms. The van der Waals surface area contributed by atoms with Crippen molar-refractivity contribution in [2.75, 3.05) is 13.1 Å². The highest BCUT2D eigenvalue weighted by Crippen LogP contribution is 2.20. The van der Waals surface area contributed by atoms with E-state index in [1.807, 2.05) is 18.2 Å². The minimum absolute atomic E-state index is 0.0179. The minimum atomic E-state index is -0.0179. The zero-order valence-corrected chi connectivity index (χ0v) is 11.8. The van der Waals surface area contributed by atoms with Gasteiger partial charge in [0.2, 0.25) is 0 Å². The quantitative estimate of drug-likeness (QED) is 0.861. The van der Waals surface area contributed by atoms with Gasteiger partial charge in [-0.15, -0.1) is 0 Å². The van der Waals surface area contributed by atoms with Crippen LogP contribution in [-0.4, -0.2) is 25.0 Å². The van der Waals surface area contributed by atoms with Crippen LogP contribution < -0.4 is 10.6 Å². The van der Waals surface area contributed by atoms with E-state index in [1.165, 1.54) is 0 Å².